The minimum absolute atomic E-state index is 0.0329. The monoisotopic (exact) mass is 244 g/mol. The lowest BCUT2D eigenvalue weighted by Crippen LogP contribution is -2.40. The van der Waals surface area contributed by atoms with Crippen LogP contribution >= 0.6 is 0 Å². The van der Waals surface area contributed by atoms with Crippen LogP contribution in [-0.2, 0) is 14.3 Å². The van der Waals surface area contributed by atoms with E-state index >= 15 is 0 Å². The standard InChI is InChI=1S/C12H24N2O3/c1-5-7-14(9-11(15)13-4)8-10(3)12(16)17-6-2/h10H,5-9H2,1-4H3,(H,13,15). The summed E-state index contributed by atoms with van der Waals surface area (Å²) in [6, 6.07) is 0. The van der Waals surface area contributed by atoms with Crippen LogP contribution in [-0.4, -0.2) is 50.1 Å². The minimum atomic E-state index is -0.203. The van der Waals surface area contributed by atoms with E-state index in [1.807, 2.05) is 18.7 Å². The molecule has 1 unspecified atom stereocenters. The normalized spacial score (nSPS) is 12.3. The van der Waals surface area contributed by atoms with E-state index in [9.17, 15) is 9.59 Å². The number of rotatable bonds is 8. The van der Waals surface area contributed by atoms with Gasteiger partial charge < -0.3 is 10.1 Å². The number of hydrogen-bond acceptors (Lipinski definition) is 4. The third-order valence-corrected chi connectivity index (χ3v) is 2.41. The van der Waals surface area contributed by atoms with Crippen molar-refractivity contribution in [3.05, 3.63) is 0 Å². The van der Waals surface area contributed by atoms with Gasteiger partial charge in [0, 0.05) is 13.6 Å². The van der Waals surface area contributed by atoms with Crippen molar-refractivity contribution in [2.75, 3.05) is 33.3 Å². The molecular weight excluding hydrogens is 220 g/mol. The topological polar surface area (TPSA) is 58.6 Å². The molecule has 1 atom stereocenters. The van der Waals surface area contributed by atoms with Gasteiger partial charge in [-0.25, -0.2) is 0 Å². The quantitative estimate of drug-likeness (QED) is 0.637. The molecule has 0 saturated heterocycles. The lowest BCUT2D eigenvalue weighted by molar-refractivity contribution is -0.148. The highest BCUT2D eigenvalue weighted by atomic mass is 16.5. The molecule has 1 N–H and O–H groups in total. The first kappa shape index (κ1) is 15.9. The number of carbonyl (C=O) groups excluding carboxylic acids is 2. The number of nitrogens with one attached hydrogen (secondary N) is 1. The molecule has 5 nitrogen and oxygen atoms in total. The van der Waals surface area contributed by atoms with E-state index in [0.29, 0.717) is 19.7 Å². The summed E-state index contributed by atoms with van der Waals surface area (Å²) in [5.74, 6) is -0.439. The van der Waals surface area contributed by atoms with Crippen molar-refractivity contribution in [1.29, 1.82) is 0 Å². The Morgan fingerprint density at radius 2 is 2.00 bits per heavy atom. The molecule has 0 aliphatic heterocycles. The van der Waals surface area contributed by atoms with Crippen molar-refractivity contribution in [2.24, 2.45) is 5.92 Å². The highest BCUT2D eigenvalue weighted by molar-refractivity contribution is 5.77. The Morgan fingerprint density at radius 1 is 1.35 bits per heavy atom. The Hall–Kier alpha value is -1.10. The summed E-state index contributed by atoms with van der Waals surface area (Å²) < 4.78 is 4.95. The zero-order valence-corrected chi connectivity index (χ0v) is 11.3. The molecule has 0 aromatic carbocycles. The molecule has 0 aromatic heterocycles. The van der Waals surface area contributed by atoms with Gasteiger partial charge in [0.2, 0.25) is 5.91 Å². The summed E-state index contributed by atoms with van der Waals surface area (Å²) in [5.41, 5.74) is 0. The van der Waals surface area contributed by atoms with Crippen LogP contribution in [0.1, 0.15) is 27.2 Å². The molecule has 0 rings (SSSR count). The molecule has 100 valence electrons. The largest absolute Gasteiger partial charge is 0.466 e. The Labute approximate surface area is 103 Å². The van der Waals surface area contributed by atoms with Crippen LogP contribution in [0.5, 0.6) is 0 Å². The Balaban J connectivity index is 4.22. The molecule has 0 saturated carbocycles. The fourth-order valence-electron chi connectivity index (χ4n) is 1.58. The first-order chi connectivity index (χ1) is 8.04. The summed E-state index contributed by atoms with van der Waals surface area (Å²) in [4.78, 5) is 24.8. The third-order valence-electron chi connectivity index (χ3n) is 2.41. The molecule has 0 fully saturated rings. The first-order valence-electron chi connectivity index (χ1n) is 6.14. The molecule has 0 spiro atoms. The second-order valence-corrected chi connectivity index (χ2v) is 4.06. The zero-order chi connectivity index (χ0) is 13.3. The number of nitrogens with zero attached hydrogens (tertiary/aromatic N) is 1. The van der Waals surface area contributed by atoms with Gasteiger partial charge in [-0.15, -0.1) is 0 Å². The number of carbonyl (C=O) groups is 2. The summed E-state index contributed by atoms with van der Waals surface area (Å²) in [7, 11) is 1.61. The van der Waals surface area contributed by atoms with Crippen LogP contribution in [0.15, 0.2) is 0 Å². The molecule has 0 aliphatic rings. The van der Waals surface area contributed by atoms with Gasteiger partial charge in [-0.3, -0.25) is 14.5 Å². The number of ether oxygens (including phenoxy) is 1. The van der Waals surface area contributed by atoms with Gasteiger partial charge in [-0.05, 0) is 19.9 Å². The molecule has 0 bridgehead atoms. The second-order valence-electron chi connectivity index (χ2n) is 4.06. The predicted molar refractivity (Wildman–Crippen MR) is 66.6 cm³/mol. The van der Waals surface area contributed by atoms with Gasteiger partial charge in [-0.1, -0.05) is 13.8 Å². The maximum absolute atomic E-state index is 11.5. The van der Waals surface area contributed by atoms with Crippen LogP contribution in [0.3, 0.4) is 0 Å². The van der Waals surface area contributed by atoms with E-state index < -0.39 is 0 Å². The molecule has 5 heteroatoms. The van der Waals surface area contributed by atoms with Gasteiger partial charge in [0.25, 0.3) is 0 Å². The second kappa shape index (κ2) is 8.98. The van der Waals surface area contributed by atoms with E-state index in [0.717, 1.165) is 13.0 Å². The molecule has 17 heavy (non-hydrogen) atoms. The van der Waals surface area contributed by atoms with E-state index in [-0.39, 0.29) is 17.8 Å². The molecule has 1 amide bonds. The molecular formula is C12H24N2O3. The Bertz CT molecular complexity index is 244. The lowest BCUT2D eigenvalue weighted by Gasteiger charge is -2.23. The van der Waals surface area contributed by atoms with Crippen molar-refractivity contribution in [3.8, 4) is 0 Å². The van der Waals surface area contributed by atoms with Crippen molar-refractivity contribution in [1.82, 2.24) is 10.2 Å². The molecule has 0 heterocycles. The SMILES string of the molecule is CCCN(CC(=O)NC)CC(C)C(=O)OCC. The lowest BCUT2D eigenvalue weighted by atomic mass is 10.1. The van der Waals surface area contributed by atoms with Gasteiger partial charge in [0.15, 0.2) is 0 Å². The van der Waals surface area contributed by atoms with Crippen LogP contribution in [0.4, 0.5) is 0 Å². The van der Waals surface area contributed by atoms with E-state index in [4.69, 9.17) is 4.74 Å². The summed E-state index contributed by atoms with van der Waals surface area (Å²) >= 11 is 0. The maximum atomic E-state index is 11.5. The highest BCUT2D eigenvalue weighted by Crippen LogP contribution is 2.03. The van der Waals surface area contributed by atoms with Gasteiger partial charge in [-0.2, -0.15) is 0 Å². The van der Waals surface area contributed by atoms with Crippen LogP contribution in [0.25, 0.3) is 0 Å². The fourth-order valence-corrected chi connectivity index (χ4v) is 1.58. The van der Waals surface area contributed by atoms with Gasteiger partial charge in [0.05, 0.1) is 19.1 Å². The van der Waals surface area contributed by atoms with Gasteiger partial charge in [0.1, 0.15) is 0 Å². The fraction of sp³-hybridized carbons (Fsp3) is 0.833. The summed E-state index contributed by atoms with van der Waals surface area (Å²) in [5, 5.41) is 2.58. The Morgan fingerprint density at radius 3 is 2.47 bits per heavy atom. The smallest absolute Gasteiger partial charge is 0.309 e. The van der Waals surface area contributed by atoms with Gasteiger partial charge >= 0.3 is 5.97 Å². The van der Waals surface area contributed by atoms with Crippen LogP contribution in [0.2, 0.25) is 0 Å². The summed E-state index contributed by atoms with van der Waals surface area (Å²) in [6.45, 7) is 7.74. The average molecular weight is 244 g/mol. The van der Waals surface area contributed by atoms with E-state index in [1.165, 1.54) is 0 Å². The third kappa shape index (κ3) is 6.94. The van der Waals surface area contributed by atoms with Crippen molar-refractivity contribution < 1.29 is 14.3 Å². The van der Waals surface area contributed by atoms with Crippen LogP contribution < -0.4 is 5.32 Å². The first-order valence-corrected chi connectivity index (χ1v) is 6.14. The minimum Gasteiger partial charge on any atom is -0.466 e. The zero-order valence-electron chi connectivity index (χ0n) is 11.3. The van der Waals surface area contributed by atoms with Crippen molar-refractivity contribution >= 4 is 11.9 Å². The number of amides is 1. The molecule has 0 radical (unpaired) electrons. The van der Waals surface area contributed by atoms with Crippen LogP contribution in [0, 0.1) is 5.92 Å². The highest BCUT2D eigenvalue weighted by Gasteiger charge is 2.19. The molecule has 0 aromatic rings. The predicted octanol–water partition coefficient (Wildman–Crippen LogP) is 0.644. The number of hydrogen-bond donors (Lipinski definition) is 1. The average Bonchev–Trinajstić information content (AvgIpc) is 2.29. The number of likely N-dealkylation sites (N-methyl/N-ethyl adjacent to an activating group) is 1. The molecule has 0 aliphatic carbocycles. The summed E-state index contributed by atoms with van der Waals surface area (Å²) in [6.07, 6.45) is 0.951. The maximum Gasteiger partial charge on any atom is 0.309 e. The van der Waals surface area contributed by atoms with E-state index in [2.05, 4.69) is 5.32 Å². The van der Waals surface area contributed by atoms with Crippen molar-refractivity contribution in [3.63, 3.8) is 0 Å². The Kier molecular flexibility index (Phi) is 8.40. The van der Waals surface area contributed by atoms with Crippen molar-refractivity contribution in [2.45, 2.75) is 27.2 Å². The number of esters is 1. The van der Waals surface area contributed by atoms with E-state index in [1.54, 1.807) is 14.0 Å².